The lowest BCUT2D eigenvalue weighted by Gasteiger charge is -2.36. The zero-order chi connectivity index (χ0) is 13.9. The van der Waals surface area contributed by atoms with Gasteiger partial charge in [-0.2, -0.15) is 0 Å². The van der Waals surface area contributed by atoms with E-state index in [1.165, 1.54) is 5.56 Å². The van der Waals surface area contributed by atoms with Crippen LogP contribution in [0.2, 0.25) is 0 Å². The largest absolute Gasteiger partial charge is 0.486 e. The molecule has 2 aromatic rings. The zero-order valence-corrected chi connectivity index (χ0v) is 11.8. The van der Waals surface area contributed by atoms with Crippen LogP contribution in [0.25, 0.3) is 0 Å². The van der Waals surface area contributed by atoms with Crippen molar-refractivity contribution in [3.05, 3.63) is 54.1 Å². The van der Waals surface area contributed by atoms with Gasteiger partial charge >= 0.3 is 0 Å². The molecule has 3 rings (SSSR count). The fourth-order valence-corrected chi connectivity index (χ4v) is 2.61. The fourth-order valence-electron chi connectivity index (χ4n) is 2.61. The fraction of sp³-hybridized carbons (Fsp3) is 0.294. The van der Waals surface area contributed by atoms with Crippen molar-refractivity contribution in [3.63, 3.8) is 0 Å². The summed E-state index contributed by atoms with van der Waals surface area (Å²) in [6.45, 7) is 3.95. The Bertz CT molecular complexity index is 583. The van der Waals surface area contributed by atoms with Gasteiger partial charge in [0, 0.05) is 12.2 Å². The molecule has 3 nitrogen and oxygen atoms in total. The predicted molar refractivity (Wildman–Crippen MR) is 83.1 cm³/mol. The van der Waals surface area contributed by atoms with E-state index >= 15 is 0 Å². The molecule has 0 spiro atoms. The van der Waals surface area contributed by atoms with E-state index in [2.05, 4.69) is 36.1 Å². The van der Waals surface area contributed by atoms with E-state index in [1.807, 2.05) is 24.3 Å². The highest BCUT2D eigenvalue weighted by Gasteiger charge is 2.24. The normalized spacial score (nSPS) is 17.4. The van der Waals surface area contributed by atoms with Gasteiger partial charge in [-0.05, 0) is 30.2 Å². The molecule has 0 aromatic heterocycles. The minimum absolute atomic E-state index is 0.245. The maximum atomic E-state index is 6.01. The average molecular weight is 268 g/mol. The Hall–Kier alpha value is -2.16. The maximum absolute atomic E-state index is 6.01. The molecule has 20 heavy (non-hydrogen) atoms. The van der Waals surface area contributed by atoms with Crippen LogP contribution >= 0.6 is 0 Å². The summed E-state index contributed by atoms with van der Waals surface area (Å²) in [5, 5.41) is 0. The van der Waals surface area contributed by atoms with Gasteiger partial charge in [0.1, 0.15) is 11.9 Å². The minimum atomic E-state index is 0.245. The molecule has 0 bridgehead atoms. The monoisotopic (exact) mass is 268 g/mol. The van der Waals surface area contributed by atoms with Crippen molar-refractivity contribution in [2.45, 2.75) is 26.0 Å². The smallest absolute Gasteiger partial charge is 0.143 e. The summed E-state index contributed by atoms with van der Waals surface area (Å²) in [6, 6.07) is 16.4. The van der Waals surface area contributed by atoms with Crippen LogP contribution in [-0.2, 0) is 6.54 Å². The molecule has 0 aliphatic carbocycles. The molecule has 2 N–H and O–H groups in total. The van der Waals surface area contributed by atoms with Crippen LogP contribution in [0.3, 0.4) is 0 Å². The van der Waals surface area contributed by atoms with Gasteiger partial charge in [-0.25, -0.2) is 0 Å². The molecule has 3 heteroatoms. The quantitative estimate of drug-likeness (QED) is 0.867. The molecule has 0 saturated heterocycles. The third-order valence-corrected chi connectivity index (χ3v) is 3.71. The van der Waals surface area contributed by atoms with Gasteiger partial charge in [0.05, 0.1) is 12.2 Å². The molecule has 2 aromatic carbocycles. The molecule has 104 valence electrons. The summed E-state index contributed by atoms with van der Waals surface area (Å²) < 4.78 is 6.01. The maximum Gasteiger partial charge on any atom is 0.143 e. The topological polar surface area (TPSA) is 38.5 Å². The molecule has 1 aliphatic rings. The summed E-state index contributed by atoms with van der Waals surface area (Å²) in [5.74, 6) is 0.938. The Morgan fingerprint density at radius 2 is 2.00 bits per heavy atom. The molecule has 0 amide bonds. The Balaban J connectivity index is 1.91. The van der Waals surface area contributed by atoms with E-state index in [9.17, 15) is 0 Å². The van der Waals surface area contributed by atoms with Crippen molar-refractivity contribution in [2.24, 2.45) is 0 Å². The van der Waals surface area contributed by atoms with Gasteiger partial charge in [0.15, 0.2) is 0 Å². The Morgan fingerprint density at radius 1 is 1.20 bits per heavy atom. The summed E-state index contributed by atoms with van der Waals surface area (Å²) in [5.41, 5.74) is 9.10. The van der Waals surface area contributed by atoms with Crippen LogP contribution in [0.1, 0.15) is 18.9 Å². The van der Waals surface area contributed by atoms with Crippen molar-refractivity contribution in [3.8, 4) is 5.75 Å². The highest BCUT2D eigenvalue weighted by atomic mass is 16.5. The molecule has 0 saturated carbocycles. The van der Waals surface area contributed by atoms with E-state index in [1.54, 1.807) is 0 Å². The number of benzene rings is 2. The Kier molecular flexibility index (Phi) is 3.50. The standard InChI is InChI=1S/C17H20N2O/c1-2-15-12-19(11-13-6-4-3-5-7-13)16-10-14(18)8-9-17(16)20-15/h3-10,15H,2,11-12,18H2,1H3. The summed E-state index contributed by atoms with van der Waals surface area (Å²) >= 11 is 0. The number of nitrogens with zero attached hydrogens (tertiary/aromatic N) is 1. The van der Waals surface area contributed by atoms with Gasteiger partial charge in [0.2, 0.25) is 0 Å². The predicted octanol–water partition coefficient (Wildman–Crippen LogP) is 3.45. The second-order valence-electron chi connectivity index (χ2n) is 5.24. The number of hydrogen-bond donors (Lipinski definition) is 1. The van der Waals surface area contributed by atoms with Crippen molar-refractivity contribution in [1.29, 1.82) is 0 Å². The SMILES string of the molecule is CCC1CN(Cc2ccccc2)c2cc(N)ccc2O1. The first kappa shape index (κ1) is 12.9. The van der Waals surface area contributed by atoms with E-state index in [-0.39, 0.29) is 6.10 Å². The van der Waals surface area contributed by atoms with Gasteiger partial charge < -0.3 is 15.4 Å². The third-order valence-electron chi connectivity index (χ3n) is 3.71. The summed E-state index contributed by atoms with van der Waals surface area (Å²) in [4.78, 5) is 2.36. The third kappa shape index (κ3) is 2.57. The van der Waals surface area contributed by atoms with Gasteiger partial charge in [0.25, 0.3) is 0 Å². The zero-order valence-electron chi connectivity index (χ0n) is 11.8. The lowest BCUT2D eigenvalue weighted by atomic mass is 10.1. The van der Waals surface area contributed by atoms with Crippen LogP contribution in [0, 0.1) is 0 Å². The second-order valence-corrected chi connectivity index (χ2v) is 5.24. The molecule has 1 unspecified atom stereocenters. The highest BCUT2D eigenvalue weighted by molar-refractivity contribution is 5.66. The first-order valence-electron chi connectivity index (χ1n) is 7.11. The first-order valence-corrected chi connectivity index (χ1v) is 7.11. The molecule has 1 atom stereocenters. The molecule has 1 heterocycles. The number of ether oxygens (including phenoxy) is 1. The van der Waals surface area contributed by atoms with Gasteiger partial charge in [-0.1, -0.05) is 37.3 Å². The number of rotatable bonds is 3. The van der Waals surface area contributed by atoms with E-state index in [0.717, 1.165) is 36.6 Å². The van der Waals surface area contributed by atoms with Crippen LogP contribution < -0.4 is 15.4 Å². The van der Waals surface area contributed by atoms with Crippen molar-refractivity contribution >= 4 is 11.4 Å². The number of anilines is 2. The Labute approximate surface area is 120 Å². The number of nitrogens with two attached hydrogens (primary N) is 1. The Morgan fingerprint density at radius 3 is 2.75 bits per heavy atom. The van der Waals surface area contributed by atoms with E-state index < -0.39 is 0 Å². The van der Waals surface area contributed by atoms with Crippen LogP contribution in [0.4, 0.5) is 11.4 Å². The lowest BCUT2D eigenvalue weighted by molar-refractivity contribution is 0.189. The van der Waals surface area contributed by atoms with Gasteiger partial charge in [-0.15, -0.1) is 0 Å². The number of fused-ring (bicyclic) bond motifs is 1. The highest BCUT2D eigenvalue weighted by Crippen LogP contribution is 2.36. The van der Waals surface area contributed by atoms with Crippen LogP contribution in [0.5, 0.6) is 5.75 Å². The van der Waals surface area contributed by atoms with E-state index in [4.69, 9.17) is 10.5 Å². The van der Waals surface area contributed by atoms with Crippen molar-refractivity contribution < 1.29 is 4.74 Å². The molecular weight excluding hydrogens is 248 g/mol. The average Bonchev–Trinajstić information content (AvgIpc) is 2.48. The van der Waals surface area contributed by atoms with Crippen molar-refractivity contribution in [1.82, 2.24) is 0 Å². The molecule has 0 radical (unpaired) electrons. The molecule has 0 fully saturated rings. The van der Waals surface area contributed by atoms with Crippen LogP contribution in [-0.4, -0.2) is 12.6 Å². The first-order chi connectivity index (χ1) is 9.76. The summed E-state index contributed by atoms with van der Waals surface area (Å²) in [6.07, 6.45) is 1.25. The summed E-state index contributed by atoms with van der Waals surface area (Å²) in [7, 11) is 0. The van der Waals surface area contributed by atoms with Gasteiger partial charge in [-0.3, -0.25) is 0 Å². The lowest BCUT2D eigenvalue weighted by Crippen LogP contribution is -2.39. The van der Waals surface area contributed by atoms with Crippen molar-refractivity contribution in [2.75, 3.05) is 17.2 Å². The van der Waals surface area contributed by atoms with Crippen LogP contribution in [0.15, 0.2) is 48.5 Å². The molecule has 1 aliphatic heterocycles. The minimum Gasteiger partial charge on any atom is -0.486 e. The number of hydrogen-bond acceptors (Lipinski definition) is 3. The molecular formula is C17H20N2O. The second kappa shape index (κ2) is 5.45. The number of nitrogen functional groups attached to an aromatic ring is 1. The van der Waals surface area contributed by atoms with E-state index in [0.29, 0.717) is 0 Å².